The summed E-state index contributed by atoms with van der Waals surface area (Å²) in [5.41, 5.74) is 0.607. The summed E-state index contributed by atoms with van der Waals surface area (Å²) in [7, 11) is 0. The molecule has 1 aromatic rings. The molecular weight excluding hydrogens is 345 g/mol. The Balaban J connectivity index is 2.82. The first-order chi connectivity index (χ1) is 7.04. The summed E-state index contributed by atoms with van der Waals surface area (Å²) in [6.07, 6.45) is 0. The van der Waals surface area contributed by atoms with E-state index >= 15 is 0 Å². The van der Waals surface area contributed by atoms with Gasteiger partial charge in [0.15, 0.2) is 0 Å². The van der Waals surface area contributed by atoms with E-state index in [-0.39, 0.29) is 11.9 Å². The third kappa shape index (κ3) is 3.78. The van der Waals surface area contributed by atoms with E-state index in [1.807, 2.05) is 19.1 Å². The normalized spacial score (nSPS) is 12.3. The minimum Gasteiger partial charge on any atom is -0.348 e. The molecule has 1 N–H and O–H groups in total. The first-order valence-corrected chi connectivity index (χ1v) is 6.48. The van der Waals surface area contributed by atoms with Crippen molar-refractivity contribution in [3.8, 4) is 0 Å². The quantitative estimate of drug-likeness (QED) is 0.825. The van der Waals surface area contributed by atoms with E-state index < -0.39 is 0 Å². The van der Waals surface area contributed by atoms with Crippen LogP contribution in [0.1, 0.15) is 17.3 Å². The van der Waals surface area contributed by atoms with Crippen LogP contribution in [0.2, 0.25) is 0 Å². The van der Waals surface area contributed by atoms with E-state index in [4.69, 9.17) is 11.6 Å². The molecule has 0 fully saturated rings. The van der Waals surface area contributed by atoms with Crippen molar-refractivity contribution in [2.75, 3.05) is 5.88 Å². The SMILES string of the molecule is CC(CCl)NC(=O)c1ccc(Br)cc1Br. The van der Waals surface area contributed by atoms with Crippen molar-refractivity contribution in [3.63, 3.8) is 0 Å². The van der Waals surface area contributed by atoms with Gasteiger partial charge in [-0.05, 0) is 41.1 Å². The van der Waals surface area contributed by atoms with Crippen LogP contribution in [0.3, 0.4) is 0 Å². The Morgan fingerprint density at radius 3 is 2.73 bits per heavy atom. The maximum absolute atomic E-state index is 11.7. The van der Waals surface area contributed by atoms with Gasteiger partial charge < -0.3 is 5.32 Å². The number of nitrogens with one attached hydrogen (secondary N) is 1. The Labute approximate surface area is 111 Å². The average Bonchev–Trinajstić information content (AvgIpc) is 2.17. The van der Waals surface area contributed by atoms with Crippen molar-refractivity contribution in [1.29, 1.82) is 0 Å². The van der Waals surface area contributed by atoms with Gasteiger partial charge in [0, 0.05) is 20.9 Å². The van der Waals surface area contributed by atoms with Gasteiger partial charge in [0.1, 0.15) is 0 Å². The highest BCUT2D eigenvalue weighted by Crippen LogP contribution is 2.21. The maximum Gasteiger partial charge on any atom is 0.252 e. The van der Waals surface area contributed by atoms with Gasteiger partial charge in [-0.2, -0.15) is 0 Å². The minimum atomic E-state index is -0.123. The van der Waals surface area contributed by atoms with E-state index in [1.54, 1.807) is 6.07 Å². The number of hydrogen-bond donors (Lipinski definition) is 1. The van der Waals surface area contributed by atoms with Gasteiger partial charge in [-0.1, -0.05) is 15.9 Å². The molecule has 0 radical (unpaired) electrons. The number of benzene rings is 1. The molecule has 82 valence electrons. The third-order valence-electron chi connectivity index (χ3n) is 1.78. The summed E-state index contributed by atoms with van der Waals surface area (Å²) in [6, 6.07) is 5.38. The summed E-state index contributed by atoms with van der Waals surface area (Å²) in [4.78, 5) is 11.7. The lowest BCUT2D eigenvalue weighted by Crippen LogP contribution is -2.33. The Kier molecular flexibility index (Phi) is 5.09. The third-order valence-corrected chi connectivity index (χ3v) is 3.40. The van der Waals surface area contributed by atoms with Crippen LogP contribution in [-0.4, -0.2) is 17.8 Å². The number of alkyl halides is 1. The van der Waals surface area contributed by atoms with Gasteiger partial charge >= 0.3 is 0 Å². The summed E-state index contributed by atoms with van der Waals surface area (Å²) < 4.78 is 1.69. The van der Waals surface area contributed by atoms with Gasteiger partial charge in [0.2, 0.25) is 0 Å². The second-order valence-electron chi connectivity index (χ2n) is 3.15. The van der Waals surface area contributed by atoms with Gasteiger partial charge in [0.25, 0.3) is 5.91 Å². The van der Waals surface area contributed by atoms with Gasteiger partial charge in [-0.3, -0.25) is 4.79 Å². The zero-order valence-corrected chi connectivity index (χ0v) is 12.0. The largest absolute Gasteiger partial charge is 0.348 e. The molecule has 0 aromatic heterocycles. The number of hydrogen-bond acceptors (Lipinski definition) is 1. The first-order valence-electron chi connectivity index (χ1n) is 4.36. The Morgan fingerprint density at radius 1 is 1.53 bits per heavy atom. The van der Waals surface area contributed by atoms with Crippen LogP contribution in [0.5, 0.6) is 0 Å². The molecule has 1 atom stereocenters. The van der Waals surface area contributed by atoms with E-state index in [0.29, 0.717) is 11.4 Å². The molecule has 2 nitrogen and oxygen atoms in total. The van der Waals surface area contributed by atoms with E-state index in [2.05, 4.69) is 37.2 Å². The second kappa shape index (κ2) is 5.87. The first kappa shape index (κ1) is 13.0. The molecule has 1 aromatic carbocycles. The number of halogens is 3. The smallest absolute Gasteiger partial charge is 0.252 e. The number of rotatable bonds is 3. The fourth-order valence-electron chi connectivity index (χ4n) is 1.01. The van der Waals surface area contributed by atoms with Crippen LogP contribution in [0.25, 0.3) is 0 Å². The van der Waals surface area contributed by atoms with Crippen molar-refractivity contribution < 1.29 is 4.79 Å². The highest BCUT2D eigenvalue weighted by Gasteiger charge is 2.12. The van der Waals surface area contributed by atoms with E-state index in [1.165, 1.54) is 0 Å². The highest BCUT2D eigenvalue weighted by atomic mass is 79.9. The second-order valence-corrected chi connectivity index (χ2v) is 5.23. The van der Waals surface area contributed by atoms with Crippen molar-refractivity contribution in [1.82, 2.24) is 5.32 Å². The number of carbonyl (C=O) groups excluding carboxylic acids is 1. The average molecular weight is 355 g/mol. The van der Waals surface area contributed by atoms with Gasteiger partial charge in [-0.15, -0.1) is 11.6 Å². The summed E-state index contributed by atoms with van der Waals surface area (Å²) in [6.45, 7) is 1.86. The molecule has 0 heterocycles. The topological polar surface area (TPSA) is 29.1 Å². The molecule has 1 rings (SSSR count). The van der Waals surface area contributed by atoms with Crippen LogP contribution < -0.4 is 5.32 Å². The van der Waals surface area contributed by atoms with Crippen LogP contribution in [0, 0.1) is 0 Å². The van der Waals surface area contributed by atoms with Crippen molar-refractivity contribution in [3.05, 3.63) is 32.7 Å². The lowest BCUT2D eigenvalue weighted by atomic mass is 10.2. The Bertz CT molecular complexity index is 370. The zero-order valence-electron chi connectivity index (χ0n) is 8.06. The van der Waals surface area contributed by atoms with E-state index in [0.717, 1.165) is 8.95 Å². The summed E-state index contributed by atoms with van der Waals surface area (Å²) >= 11 is 12.3. The fourth-order valence-corrected chi connectivity index (χ4v) is 2.32. The number of amides is 1. The molecule has 0 aliphatic rings. The van der Waals surface area contributed by atoms with Gasteiger partial charge in [0.05, 0.1) is 5.56 Å². The van der Waals surface area contributed by atoms with Gasteiger partial charge in [-0.25, -0.2) is 0 Å². The summed E-state index contributed by atoms with van der Waals surface area (Å²) in [5, 5.41) is 2.79. The van der Waals surface area contributed by atoms with Crippen LogP contribution in [0.4, 0.5) is 0 Å². The molecule has 5 heteroatoms. The molecule has 15 heavy (non-hydrogen) atoms. The molecule has 0 saturated carbocycles. The zero-order chi connectivity index (χ0) is 11.4. The lowest BCUT2D eigenvalue weighted by Gasteiger charge is -2.11. The van der Waals surface area contributed by atoms with Crippen molar-refractivity contribution in [2.45, 2.75) is 13.0 Å². The molecule has 1 amide bonds. The predicted molar refractivity (Wildman–Crippen MR) is 69.5 cm³/mol. The molecule has 1 unspecified atom stereocenters. The molecular formula is C10H10Br2ClNO. The van der Waals surface area contributed by atoms with Crippen LogP contribution in [-0.2, 0) is 0 Å². The summed E-state index contributed by atoms with van der Waals surface area (Å²) in [5.74, 6) is 0.280. The molecule has 0 aliphatic carbocycles. The molecule has 0 bridgehead atoms. The minimum absolute atomic E-state index is 0.0327. The van der Waals surface area contributed by atoms with Crippen molar-refractivity contribution in [2.24, 2.45) is 0 Å². The molecule has 0 aliphatic heterocycles. The fraction of sp³-hybridized carbons (Fsp3) is 0.300. The van der Waals surface area contributed by atoms with Crippen LogP contribution >= 0.6 is 43.5 Å². The Hall–Kier alpha value is -0.0600. The highest BCUT2D eigenvalue weighted by molar-refractivity contribution is 9.11. The molecule has 0 saturated heterocycles. The molecule has 0 spiro atoms. The number of carbonyl (C=O) groups is 1. The lowest BCUT2D eigenvalue weighted by molar-refractivity contribution is 0.0943. The monoisotopic (exact) mass is 353 g/mol. The predicted octanol–water partition coefficient (Wildman–Crippen LogP) is 3.57. The maximum atomic E-state index is 11.7. The van der Waals surface area contributed by atoms with E-state index in [9.17, 15) is 4.79 Å². The van der Waals surface area contributed by atoms with Crippen LogP contribution in [0.15, 0.2) is 27.1 Å². The van der Waals surface area contributed by atoms with Crippen molar-refractivity contribution >= 4 is 49.4 Å². The Morgan fingerprint density at radius 2 is 2.20 bits per heavy atom. The standard InChI is InChI=1S/C10H10Br2ClNO/c1-6(5-13)14-10(15)8-3-2-7(11)4-9(8)12/h2-4,6H,5H2,1H3,(H,14,15).